The zero-order valence-corrected chi connectivity index (χ0v) is 20.9. The van der Waals surface area contributed by atoms with Crippen LogP contribution in [-0.2, 0) is 22.4 Å². The molecular formula is C23H20Br2FN3O5. The molecule has 2 aliphatic rings. The van der Waals surface area contributed by atoms with Crippen LogP contribution in [0.15, 0.2) is 57.4 Å². The van der Waals surface area contributed by atoms with Crippen LogP contribution in [-0.4, -0.2) is 62.0 Å². The van der Waals surface area contributed by atoms with E-state index < -0.39 is 12.1 Å². The van der Waals surface area contributed by atoms with Crippen molar-refractivity contribution in [1.82, 2.24) is 14.7 Å². The molecule has 178 valence electrons. The number of amides is 3. The SMILES string of the molecule is O=C1[C@H](Cc2cc(Br)c(O)c(Br)c2)N2C(=O)CCN(C(=O)O)C2=CN1CCc1cccc(F)c1. The molecule has 2 N–H and O–H groups in total. The second-order valence-corrected chi connectivity index (χ2v) is 9.68. The minimum atomic E-state index is -1.22. The van der Waals surface area contributed by atoms with Crippen molar-refractivity contribution >= 4 is 49.8 Å². The largest absolute Gasteiger partial charge is 0.506 e. The Bertz CT molecular complexity index is 1180. The maximum absolute atomic E-state index is 13.6. The summed E-state index contributed by atoms with van der Waals surface area (Å²) in [6.07, 6.45) is 0.559. The molecule has 34 heavy (non-hydrogen) atoms. The lowest BCUT2D eigenvalue weighted by Crippen LogP contribution is -2.60. The van der Waals surface area contributed by atoms with E-state index in [1.807, 2.05) is 0 Å². The van der Waals surface area contributed by atoms with Crippen molar-refractivity contribution in [3.8, 4) is 5.75 Å². The summed E-state index contributed by atoms with van der Waals surface area (Å²) in [6, 6.07) is 8.34. The molecular weight excluding hydrogens is 577 g/mol. The van der Waals surface area contributed by atoms with Crippen molar-refractivity contribution < 1.29 is 29.0 Å². The van der Waals surface area contributed by atoms with Crippen LogP contribution in [0.1, 0.15) is 17.5 Å². The Hall–Kier alpha value is -2.92. The van der Waals surface area contributed by atoms with Crippen LogP contribution in [0.3, 0.4) is 0 Å². The number of phenols is 1. The van der Waals surface area contributed by atoms with Gasteiger partial charge in [-0.3, -0.25) is 19.4 Å². The molecule has 1 atom stereocenters. The zero-order valence-electron chi connectivity index (χ0n) is 17.7. The number of benzene rings is 2. The summed E-state index contributed by atoms with van der Waals surface area (Å²) in [5.74, 6) is -0.986. The van der Waals surface area contributed by atoms with Gasteiger partial charge in [0.15, 0.2) is 0 Å². The lowest BCUT2D eigenvalue weighted by Gasteiger charge is -2.45. The van der Waals surface area contributed by atoms with Gasteiger partial charge in [0, 0.05) is 32.1 Å². The van der Waals surface area contributed by atoms with E-state index in [0.29, 0.717) is 26.5 Å². The molecule has 2 heterocycles. The van der Waals surface area contributed by atoms with E-state index in [1.165, 1.54) is 28.1 Å². The highest BCUT2D eigenvalue weighted by atomic mass is 79.9. The van der Waals surface area contributed by atoms with E-state index in [9.17, 15) is 29.0 Å². The average Bonchev–Trinajstić information content (AvgIpc) is 2.78. The Labute approximate surface area is 211 Å². The van der Waals surface area contributed by atoms with Crippen LogP contribution >= 0.6 is 31.9 Å². The number of hydrogen-bond donors (Lipinski definition) is 2. The molecule has 0 saturated carbocycles. The van der Waals surface area contributed by atoms with Gasteiger partial charge in [-0.25, -0.2) is 9.18 Å². The number of rotatable bonds is 5. The molecule has 0 unspecified atom stereocenters. The molecule has 0 aliphatic carbocycles. The third-order valence-electron chi connectivity index (χ3n) is 5.76. The molecule has 2 aliphatic heterocycles. The topological polar surface area (TPSA) is 101 Å². The minimum absolute atomic E-state index is 0.00197. The standard InChI is InChI=1S/C23H20Br2FN3O5/c24-16-9-14(10-17(25)21(16)31)11-18-22(32)27(6-4-13-2-1-3-15(26)8-13)12-19-28(23(33)34)7-5-20(30)29(18)19/h1-3,8-10,12,18,31H,4-7,11H2,(H,33,34)/t18-/m0/s1. The molecule has 0 spiro atoms. The summed E-state index contributed by atoms with van der Waals surface area (Å²) < 4.78 is 14.4. The smallest absolute Gasteiger partial charge is 0.413 e. The molecule has 0 aromatic heterocycles. The molecule has 2 aromatic carbocycles. The number of aromatic hydroxyl groups is 1. The first-order chi connectivity index (χ1) is 16.2. The lowest BCUT2D eigenvalue weighted by atomic mass is 9.99. The van der Waals surface area contributed by atoms with Crippen molar-refractivity contribution in [3.05, 3.63) is 74.3 Å². The fourth-order valence-corrected chi connectivity index (χ4v) is 5.40. The molecule has 0 bridgehead atoms. The lowest BCUT2D eigenvalue weighted by molar-refractivity contribution is -0.148. The number of nitrogens with zero attached hydrogens (tertiary/aromatic N) is 3. The van der Waals surface area contributed by atoms with Gasteiger partial charge < -0.3 is 15.1 Å². The zero-order chi connectivity index (χ0) is 24.6. The molecule has 2 aromatic rings. The first kappa shape index (κ1) is 24.2. The van der Waals surface area contributed by atoms with Gasteiger partial charge in [0.2, 0.25) is 11.8 Å². The summed E-state index contributed by atoms with van der Waals surface area (Å²) in [5.41, 5.74) is 1.34. The van der Waals surface area contributed by atoms with E-state index >= 15 is 0 Å². The van der Waals surface area contributed by atoms with E-state index in [2.05, 4.69) is 31.9 Å². The van der Waals surface area contributed by atoms with Gasteiger partial charge in [0.25, 0.3) is 0 Å². The Morgan fingerprint density at radius 1 is 1.12 bits per heavy atom. The molecule has 1 fully saturated rings. The number of carbonyl (C=O) groups excluding carboxylic acids is 2. The Balaban J connectivity index is 1.69. The molecule has 11 heteroatoms. The molecule has 3 amide bonds. The monoisotopic (exact) mass is 595 g/mol. The van der Waals surface area contributed by atoms with Crippen LogP contribution in [0.4, 0.5) is 9.18 Å². The quantitative estimate of drug-likeness (QED) is 0.542. The fourth-order valence-electron chi connectivity index (χ4n) is 4.12. The van der Waals surface area contributed by atoms with Gasteiger partial charge in [-0.1, -0.05) is 12.1 Å². The highest BCUT2D eigenvalue weighted by molar-refractivity contribution is 9.11. The summed E-state index contributed by atoms with van der Waals surface area (Å²) in [6.45, 7) is 0.173. The van der Waals surface area contributed by atoms with E-state index in [0.717, 1.165) is 4.90 Å². The Kier molecular flexibility index (Phi) is 6.94. The summed E-state index contributed by atoms with van der Waals surface area (Å²) in [5, 5.41) is 19.7. The first-order valence-corrected chi connectivity index (χ1v) is 12.0. The van der Waals surface area contributed by atoms with Crippen LogP contribution in [0.25, 0.3) is 0 Å². The third kappa shape index (κ3) is 4.80. The predicted octanol–water partition coefficient (Wildman–Crippen LogP) is 4.06. The molecule has 0 radical (unpaired) electrons. The molecule has 1 saturated heterocycles. The van der Waals surface area contributed by atoms with Crippen molar-refractivity contribution in [2.45, 2.75) is 25.3 Å². The Morgan fingerprint density at radius 3 is 2.47 bits per heavy atom. The predicted molar refractivity (Wildman–Crippen MR) is 127 cm³/mol. The van der Waals surface area contributed by atoms with Gasteiger partial charge in [0.1, 0.15) is 23.4 Å². The van der Waals surface area contributed by atoms with Crippen molar-refractivity contribution in [2.24, 2.45) is 0 Å². The fraction of sp³-hybridized carbons (Fsp3) is 0.261. The van der Waals surface area contributed by atoms with Gasteiger partial charge >= 0.3 is 6.09 Å². The highest BCUT2D eigenvalue weighted by Gasteiger charge is 2.44. The van der Waals surface area contributed by atoms with Crippen molar-refractivity contribution in [3.63, 3.8) is 0 Å². The third-order valence-corrected chi connectivity index (χ3v) is 6.97. The van der Waals surface area contributed by atoms with Crippen molar-refractivity contribution in [1.29, 1.82) is 0 Å². The maximum Gasteiger partial charge on any atom is 0.413 e. The second kappa shape index (κ2) is 9.75. The first-order valence-electron chi connectivity index (χ1n) is 10.4. The van der Waals surface area contributed by atoms with Crippen LogP contribution in [0.2, 0.25) is 0 Å². The minimum Gasteiger partial charge on any atom is -0.506 e. The highest BCUT2D eigenvalue weighted by Crippen LogP contribution is 2.35. The normalized spacial score (nSPS) is 18.1. The van der Waals surface area contributed by atoms with E-state index in [1.54, 1.807) is 24.3 Å². The Morgan fingerprint density at radius 2 is 1.82 bits per heavy atom. The van der Waals surface area contributed by atoms with Gasteiger partial charge in [0.05, 0.1) is 8.95 Å². The summed E-state index contributed by atoms with van der Waals surface area (Å²) >= 11 is 6.54. The average molecular weight is 597 g/mol. The van der Waals surface area contributed by atoms with Gasteiger partial charge in [-0.05, 0) is 73.7 Å². The van der Waals surface area contributed by atoms with Crippen LogP contribution in [0, 0.1) is 5.82 Å². The van der Waals surface area contributed by atoms with Gasteiger partial charge in [-0.2, -0.15) is 0 Å². The molecule has 8 nitrogen and oxygen atoms in total. The summed E-state index contributed by atoms with van der Waals surface area (Å²) in [4.78, 5) is 41.9. The number of hydrogen-bond acceptors (Lipinski definition) is 4. The maximum atomic E-state index is 13.6. The number of carbonyl (C=O) groups is 3. The molecule has 4 rings (SSSR count). The number of fused-ring (bicyclic) bond motifs is 1. The van der Waals surface area contributed by atoms with Crippen LogP contribution in [0.5, 0.6) is 5.75 Å². The van der Waals surface area contributed by atoms with E-state index in [-0.39, 0.29) is 55.1 Å². The van der Waals surface area contributed by atoms with E-state index in [4.69, 9.17) is 0 Å². The van der Waals surface area contributed by atoms with Crippen LogP contribution < -0.4 is 0 Å². The second-order valence-electron chi connectivity index (χ2n) is 7.97. The van der Waals surface area contributed by atoms with Gasteiger partial charge in [-0.15, -0.1) is 0 Å². The number of halogens is 3. The number of carboxylic acid groups (broad SMARTS) is 1. The van der Waals surface area contributed by atoms with Crippen molar-refractivity contribution in [2.75, 3.05) is 13.1 Å². The number of phenolic OH excluding ortho intramolecular Hbond substituents is 1. The summed E-state index contributed by atoms with van der Waals surface area (Å²) in [7, 11) is 0.